The summed E-state index contributed by atoms with van der Waals surface area (Å²) in [4.78, 5) is 4.43. The Bertz CT molecular complexity index is 346. The predicted octanol–water partition coefficient (Wildman–Crippen LogP) is 2.24. The van der Waals surface area contributed by atoms with Crippen molar-refractivity contribution in [2.75, 3.05) is 13.7 Å². The third kappa shape index (κ3) is 3.53. The fourth-order valence-electron chi connectivity index (χ4n) is 2.43. The van der Waals surface area contributed by atoms with E-state index in [1.54, 1.807) is 0 Å². The summed E-state index contributed by atoms with van der Waals surface area (Å²) in [5.41, 5.74) is 0. The molecule has 2 rings (SSSR count). The molecule has 1 aromatic rings. The quantitative estimate of drug-likeness (QED) is 0.788. The minimum absolute atomic E-state index is 0.432. The molecular weight excluding hydrogens is 230 g/mol. The molecule has 0 aliphatic heterocycles. The second-order valence-corrected chi connectivity index (χ2v) is 4.94. The fourth-order valence-corrected chi connectivity index (χ4v) is 2.43. The first-order valence-electron chi connectivity index (χ1n) is 6.91. The number of hydrogen-bond donors (Lipinski definition) is 1. The van der Waals surface area contributed by atoms with Gasteiger partial charge in [-0.05, 0) is 39.2 Å². The van der Waals surface area contributed by atoms with E-state index < -0.39 is 0 Å². The molecule has 0 aromatic carbocycles. The topological polar surface area (TPSA) is 60.2 Å². The molecule has 1 heterocycles. The highest BCUT2D eigenvalue weighted by molar-refractivity contribution is 4.96. The smallest absolute Gasteiger partial charge is 0.229 e. The van der Waals surface area contributed by atoms with Crippen LogP contribution in [0, 0.1) is 0 Å². The lowest BCUT2D eigenvalue weighted by Crippen LogP contribution is -2.29. The van der Waals surface area contributed by atoms with Gasteiger partial charge in [-0.2, -0.15) is 4.98 Å². The van der Waals surface area contributed by atoms with Crippen LogP contribution in [0.15, 0.2) is 4.52 Å². The van der Waals surface area contributed by atoms with Crippen LogP contribution in [0.2, 0.25) is 0 Å². The van der Waals surface area contributed by atoms with Gasteiger partial charge in [0, 0.05) is 18.6 Å². The molecule has 0 radical (unpaired) electrons. The molecule has 1 aliphatic carbocycles. The highest BCUT2D eigenvalue weighted by atomic mass is 16.5. The molecule has 1 saturated carbocycles. The van der Waals surface area contributed by atoms with Crippen LogP contribution in [0.4, 0.5) is 0 Å². The first-order chi connectivity index (χ1) is 8.83. The molecule has 5 heteroatoms. The summed E-state index contributed by atoms with van der Waals surface area (Å²) in [6.45, 7) is 3.29. The number of aromatic nitrogens is 2. The van der Waals surface area contributed by atoms with E-state index in [4.69, 9.17) is 9.26 Å². The van der Waals surface area contributed by atoms with Gasteiger partial charge < -0.3 is 14.6 Å². The van der Waals surface area contributed by atoms with Crippen LogP contribution in [0.3, 0.4) is 0 Å². The first-order valence-corrected chi connectivity index (χ1v) is 6.91. The summed E-state index contributed by atoms with van der Waals surface area (Å²) >= 11 is 0. The summed E-state index contributed by atoms with van der Waals surface area (Å²) in [5, 5.41) is 7.30. The van der Waals surface area contributed by atoms with Crippen LogP contribution < -0.4 is 5.32 Å². The van der Waals surface area contributed by atoms with Crippen LogP contribution in [0.1, 0.15) is 56.7 Å². The number of nitrogens with zero attached hydrogens (tertiary/aromatic N) is 2. The molecular formula is C13H23N3O2. The largest absolute Gasteiger partial charge is 0.373 e. The Kier molecular flexibility index (Phi) is 5.13. The van der Waals surface area contributed by atoms with Crippen molar-refractivity contribution in [3.05, 3.63) is 11.7 Å². The van der Waals surface area contributed by atoms with Gasteiger partial charge in [0.05, 0.1) is 0 Å². The Balaban J connectivity index is 1.82. The van der Waals surface area contributed by atoms with E-state index in [2.05, 4.69) is 22.4 Å². The average Bonchev–Trinajstić information content (AvgIpc) is 2.88. The Morgan fingerprint density at radius 1 is 1.33 bits per heavy atom. The van der Waals surface area contributed by atoms with Crippen LogP contribution in [0.25, 0.3) is 0 Å². The maximum Gasteiger partial charge on any atom is 0.229 e. The highest BCUT2D eigenvalue weighted by Crippen LogP contribution is 2.31. The minimum Gasteiger partial charge on any atom is -0.373 e. The second-order valence-electron chi connectivity index (χ2n) is 4.94. The molecule has 0 saturated heterocycles. The SMILES string of the molecule is CCCOCc1noc(C2CCC(NC)CC2)n1. The van der Waals surface area contributed by atoms with Gasteiger partial charge in [-0.15, -0.1) is 0 Å². The zero-order chi connectivity index (χ0) is 12.8. The van der Waals surface area contributed by atoms with Crippen molar-refractivity contribution in [2.24, 2.45) is 0 Å². The van der Waals surface area contributed by atoms with Crippen molar-refractivity contribution in [1.29, 1.82) is 0 Å². The summed E-state index contributed by atoms with van der Waals surface area (Å²) in [7, 11) is 2.03. The molecule has 102 valence electrons. The third-order valence-corrected chi connectivity index (χ3v) is 3.55. The standard InChI is InChI=1S/C13H23N3O2/c1-3-8-17-9-12-15-13(18-16-12)10-4-6-11(14-2)7-5-10/h10-11,14H,3-9H2,1-2H3. The summed E-state index contributed by atoms with van der Waals surface area (Å²) < 4.78 is 10.8. The molecule has 0 unspecified atom stereocenters. The van der Waals surface area contributed by atoms with Gasteiger partial charge >= 0.3 is 0 Å². The Morgan fingerprint density at radius 2 is 2.11 bits per heavy atom. The maximum absolute atomic E-state index is 5.41. The van der Waals surface area contributed by atoms with E-state index in [1.807, 2.05) is 7.05 Å². The summed E-state index contributed by atoms with van der Waals surface area (Å²) in [5.74, 6) is 1.90. The number of nitrogens with one attached hydrogen (secondary N) is 1. The molecule has 0 spiro atoms. The molecule has 18 heavy (non-hydrogen) atoms. The molecule has 5 nitrogen and oxygen atoms in total. The van der Waals surface area contributed by atoms with E-state index in [0.717, 1.165) is 31.8 Å². The lowest BCUT2D eigenvalue weighted by molar-refractivity contribution is 0.114. The Hall–Kier alpha value is -0.940. The second kappa shape index (κ2) is 6.85. The van der Waals surface area contributed by atoms with E-state index in [1.165, 1.54) is 12.8 Å². The Morgan fingerprint density at radius 3 is 2.78 bits per heavy atom. The van der Waals surface area contributed by atoms with E-state index >= 15 is 0 Å². The minimum atomic E-state index is 0.432. The molecule has 1 aliphatic rings. The zero-order valence-electron chi connectivity index (χ0n) is 11.3. The van der Waals surface area contributed by atoms with E-state index in [0.29, 0.717) is 24.4 Å². The van der Waals surface area contributed by atoms with Crippen molar-refractivity contribution in [1.82, 2.24) is 15.5 Å². The van der Waals surface area contributed by atoms with E-state index in [-0.39, 0.29) is 0 Å². The number of rotatable bonds is 6. The van der Waals surface area contributed by atoms with Gasteiger partial charge in [0.1, 0.15) is 6.61 Å². The molecule has 0 bridgehead atoms. The maximum atomic E-state index is 5.41. The van der Waals surface area contributed by atoms with Crippen LogP contribution in [-0.2, 0) is 11.3 Å². The summed E-state index contributed by atoms with van der Waals surface area (Å²) in [6, 6.07) is 0.650. The summed E-state index contributed by atoms with van der Waals surface area (Å²) in [6.07, 6.45) is 5.64. The number of hydrogen-bond acceptors (Lipinski definition) is 5. The molecule has 1 fully saturated rings. The monoisotopic (exact) mass is 253 g/mol. The normalized spacial score (nSPS) is 24.3. The molecule has 0 atom stereocenters. The molecule has 1 aromatic heterocycles. The van der Waals surface area contributed by atoms with E-state index in [9.17, 15) is 0 Å². The van der Waals surface area contributed by atoms with Crippen LogP contribution in [-0.4, -0.2) is 29.8 Å². The van der Waals surface area contributed by atoms with Gasteiger partial charge in [-0.3, -0.25) is 0 Å². The van der Waals surface area contributed by atoms with Gasteiger partial charge in [0.25, 0.3) is 0 Å². The Labute approximate surface area is 108 Å². The van der Waals surface area contributed by atoms with Gasteiger partial charge in [0.15, 0.2) is 5.82 Å². The predicted molar refractivity (Wildman–Crippen MR) is 68.3 cm³/mol. The van der Waals surface area contributed by atoms with Gasteiger partial charge in [0.2, 0.25) is 5.89 Å². The fraction of sp³-hybridized carbons (Fsp3) is 0.846. The first kappa shape index (κ1) is 13.5. The van der Waals surface area contributed by atoms with Crippen LogP contribution in [0.5, 0.6) is 0 Å². The zero-order valence-corrected chi connectivity index (χ0v) is 11.3. The van der Waals surface area contributed by atoms with Gasteiger partial charge in [-0.25, -0.2) is 0 Å². The lowest BCUT2D eigenvalue weighted by atomic mass is 9.86. The lowest BCUT2D eigenvalue weighted by Gasteiger charge is -2.25. The average molecular weight is 253 g/mol. The third-order valence-electron chi connectivity index (χ3n) is 3.55. The van der Waals surface area contributed by atoms with Gasteiger partial charge in [-0.1, -0.05) is 12.1 Å². The van der Waals surface area contributed by atoms with Crippen molar-refractivity contribution < 1.29 is 9.26 Å². The molecule has 0 amide bonds. The van der Waals surface area contributed by atoms with Crippen molar-refractivity contribution in [3.8, 4) is 0 Å². The van der Waals surface area contributed by atoms with Crippen molar-refractivity contribution in [2.45, 2.75) is 57.6 Å². The number of ether oxygens (including phenoxy) is 1. The molecule has 1 N–H and O–H groups in total. The van der Waals surface area contributed by atoms with Crippen molar-refractivity contribution in [3.63, 3.8) is 0 Å². The highest BCUT2D eigenvalue weighted by Gasteiger charge is 2.25. The van der Waals surface area contributed by atoms with Crippen molar-refractivity contribution >= 4 is 0 Å². The van der Waals surface area contributed by atoms with Crippen LogP contribution >= 0.6 is 0 Å².